The van der Waals surface area contributed by atoms with Crippen molar-refractivity contribution in [2.75, 3.05) is 16.8 Å². The van der Waals surface area contributed by atoms with Gasteiger partial charge in [0.05, 0.1) is 6.33 Å². The number of nitrogens with one attached hydrogen (secondary N) is 1. The van der Waals surface area contributed by atoms with E-state index in [0.717, 1.165) is 35.1 Å². The normalized spacial score (nSPS) is 15.4. The fraction of sp³-hybridized carbons (Fsp3) is 0.381. The summed E-state index contributed by atoms with van der Waals surface area (Å²) in [6, 6.07) is 5.58. The summed E-state index contributed by atoms with van der Waals surface area (Å²) in [7, 11) is 2.92. The van der Waals surface area contributed by atoms with E-state index in [4.69, 9.17) is 0 Å². The molecule has 0 unspecified atom stereocenters. The average Bonchev–Trinajstić information content (AvgIpc) is 3.40. The fourth-order valence-electron chi connectivity index (χ4n) is 4.11. The summed E-state index contributed by atoms with van der Waals surface area (Å²) in [5.41, 5.74) is 1.97. The summed E-state index contributed by atoms with van der Waals surface area (Å²) >= 11 is 0. The van der Waals surface area contributed by atoms with Gasteiger partial charge in [0.1, 0.15) is 6.54 Å². The molecule has 0 saturated heterocycles. The van der Waals surface area contributed by atoms with Crippen molar-refractivity contribution < 1.29 is 9.59 Å². The van der Waals surface area contributed by atoms with Gasteiger partial charge in [0.25, 0.3) is 5.56 Å². The van der Waals surface area contributed by atoms with Crippen LogP contribution in [0.4, 0.5) is 11.4 Å². The molecular formula is C21H22N6O4. The van der Waals surface area contributed by atoms with E-state index < -0.39 is 11.2 Å². The van der Waals surface area contributed by atoms with Crippen LogP contribution in [0, 0.1) is 5.92 Å². The number of hydrogen-bond acceptors (Lipinski definition) is 5. The Morgan fingerprint density at radius 3 is 2.68 bits per heavy atom. The van der Waals surface area contributed by atoms with Gasteiger partial charge in [0, 0.05) is 37.9 Å². The molecule has 3 aromatic rings. The molecule has 0 atom stereocenters. The van der Waals surface area contributed by atoms with Crippen molar-refractivity contribution in [1.29, 1.82) is 0 Å². The van der Waals surface area contributed by atoms with Gasteiger partial charge in [-0.1, -0.05) is 6.07 Å². The molecule has 2 aliphatic rings. The number of aryl methyl sites for hydroxylation is 1. The quantitative estimate of drug-likeness (QED) is 0.653. The van der Waals surface area contributed by atoms with E-state index in [9.17, 15) is 19.2 Å². The molecular weight excluding hydrogens is 400 g/mol. The zero-order valence-corrected chi connectivity index (χ0v) is 17.3. The number of anilines is 2. The molecule has 2 aromatic heterocycles. The Morgan fingerprint density at radius 1 is 1.16 bits per heavy atom. The predicted molar refractivity (Wildman–Crippen MR) is 114 cm³/mol. The monoisotopic (exact) mass is 422 g/mol. The number of amides is 2. The van der Waals surface area contributed by atoms with Crippen molar-refractivity contribution in [3.63, 3.8) is 0 Å². The first kappa shape index (κ1) is 19.3. The minimum atomic E-state index is -0.504. The molecule has 5 rings (SSSR count). The van der Waals surface area contributed by atoms with Crippen molar-refractivity contribution in [3.05, 3.63) is 50.9 Å². The molecule has 160 valence electrons. The molecule has 0 spiro atoms. The average molecular weight is 422 g/mol. The van der Waals surface area contributed by atoms with Crippen LogP contribution in [-0.2, 0) is 36.6 Å². The number of nitrogens with zero attached hydrogens (tertiary/aromatic N) is 5. The summed E-state index contributed by atoms with van der Waals surface area (Å²) in [4.78, 5) is 55.7. The maximum absolute atomic E-state index is 12.7. The van der Waals surface area contributed by atoms with Gasteiger partial charge in [0.2, 0.25) is 11.8 Å². The molecule has 0 radical (unpaired) electrons. The Balaban J connectivity index is 1.39. The number of carbonyl (C=O) groups excluding carboxylic acids is 2. The van der Waals surface area contributed by atoms with Crippen molar-refractivity contribution in [2.45, 2.75) is 25.8 Å². The number of carbonyl (C=O) groups is 2. The van der Waals surface area contributed by atoms with Crippen LogP contribution in [0.15, 0.2) is 34.1 Å². The molecule has 1 aromatic carbocycles. The van der Waals surface area contributed by atoms with Crippen molar-refractivity contribution in [1.82, 2.24) is 18.7 Å². The summed E-state index contributed by atoms with van der Waals surface area (Å²) < 4.78 is 3.70. The summed E-state index contributed by atoms with van der Waals surface area (Å²) in [5.74, 6) is -0.0425. The van der Waals surface area contributed by atoms with Gasteiger partial charge in [0.15, 0.2) is 11.2 Å². The van der Waals surface area contributed by atoms with E-state index in [1.54, 1.807) is 0 Å². The lowest BCUT2D eigenvalue weighted by atomic mass is 10.1. The summed E-state index contributed by atoms with van der Waals surface area (Å²) in [6.45, 7) is 0.539. The number of fused-ring (bicyclic) bond motifs is 2. The molecule has 3 heterocycles. The topological polar surface area (TPSA) is 111 Å². The lowest BCUT2D eigenvalue weighted by Crippen LogP contribution is -2.37. The molecule has 31 heavy (non-hydrogen) atoms. The predicted octanol–water partition coefficient (Wildman–Crippen LogP) is 0.371. The van der Waals surface area contributed by atoms with Crippen LogP contribution in [0.1, 0.15) is 18.4 Å². The molecule has 0 bridgehead atoms. The number of aromatic nitrogens is 4. The van der Waals surface area contributed by atoms with E-state index >= 15 is 0 Å². The van der Waals surface area contributed by atoms with Gasteiger partial charge in [-0.3, -0.25) is 23.5 Å². The second kappa shape index (κ2) is 6.93. The van der Waals surface area contributed by atoms with E-state index in [1.807, 2.05) is 23.1 Å². The van der Waals surface area contributed by atoms with Gasteiger partial charge in [-0.25, -0.2) is 9.78 Å². The summed E-state index contributed by atoms with van der Waals surface area (Å²) in [5, 5.41) is 2.84. The van der Waals surface area contributed by atoms with Crippen molar-refractivity contribution >= 4 is 34.4 Å². The Morgan fingerprint density at radius 2 is 1.94 bits per heavy atom. The van der Waals surface area contributed by atoms with Crippen LogP contribution in [0.5, 0.6) is 0 Å². The molecule has 1 saturated carbocycles. The largest absolute Gasteiger partial charge is 0.332 e. The molecule has 1 N–H and O–H groups in total. The lowest BCUT2D eigenvalue weighted by Gasteiger charge is -2.18. The van der Waals surface area contributed by atoms with E-state index in [1.165, 1.54) is 29.6 Å². The second-order valence-electron chi connectivity index (χ2n) is 8.16. The Kier molecular flexibility index (Phi) is 4.31. The van der Waals surface area contributed by atoms with Gasteiger partial charge in [-0.2, -0.15) is 0 Å². The van der Waals surface area contributed by atoms with E-state index in [0.29, 0.717) is 12.2 Å². The van der Waals surface area contributed by atoms with E-state index in [2.05, 4.69) is 10.3 Å². The first-order valence-corrected chi connectivity index (χ1v) is 10.2. The smallest absolute Gasteiger partial charge is 0.324 e. The van der Waals surface area contributed by atoms with Crippen molar-refractivity contribution in [3.8, 4) is 0 Å². The molecule has 1 fully saturated rings. The summed E-state index contributed by atoms with van der Waals surface area (Å²) in [6.07, 6.45) is 4.09. The highest BCUT2D eigenvalue weighted by Crippen LogP contribution is 2.37. The van der Waals surface area contributed by atoms with Crippen LogP contribution in [0.25, 0.3) is 11.2 Å². The number of hydrogen-bond donors (Lipinski definition) is 1. The van der Waals surface area contributed by atoms with Crippen LogP contribution >= 0.6 is 0 Å². The van der Waals surface area contributed by atoms with Crippen LogP contribution < -0.4 is 21.5 Å². The highest BCUT2D eigenvalue weighted by atomic mass is 16.2. The first-order valence-electron chi connectivity index (χ1n) is 10.2. The number of benzene rings is 1. The Hall–Kier alpha value is -3.69. The first-order chi connectivity index (χ1) is 14.8. The van der Waals surface area contributed by atoms with Gasteiger partial charge < -0.3 is 14.8 Å². The molecule has 2 amide bonds. The maximum atomic E-state index is 12.7. The lowest BCUT2D eigenvalue weighted by molar-refractivity contribution is -0.119. The number of imidazole rings is 1. The maximum Gasteiger partial charge on any atom is 0.332 e. The van der Waals surface area contributed by atoms with Crippen LogP contribution in [-0.4, -0.2) is 37.0 Å². The van der Waals surface area contributed by atoms with Gasteiger partial charge in [-0.15, -0.1) is 0 Å². The van der Waals surface area contributed by atoms with Crippen LogP contribution in [0.3, 0.4) is 0 Å². The third-order valence-electron chi connectivity index (χ3n) is 5.99. The fourth-order valence-corrected chi connectivity index (χ4v) is 4.11. The molecule has 10 heteroatoms. The third kappa shape index (κ3) is 3.15. The number of rotatable bonds is 4. The Bertz CT molecular complexity index is 1360. The Labute approximate surface area is 176 Å². The zero-order valence-electron chi connectivity index (χ0n) is 17.3. The van der Waals surface area contributed by atoms with Crippen molar-refractivity contribution in [2.24, 2.45) is 20.0 Å². The van der Waals surface area contributed by atoms with Crippen LogP contribution in [0.2, 0.25) is 0 Å². The zero-order chi connectivity index (χ0) is 21.9. The van der Waals surface area contributed by atoms with E-state index in [-0.39, 0.29) is 35.4 Å². The minimum Gasteiger partial charge on any atom is -0.324 e. The molecule has 1 aliphatic heterocycles. The van der Waals surface area contributed by atoms with Gasteiger partial charge in [-0.05, 0) is 37.0 Å². The van der Waals surface area contributed by atoms with Gasteiger partial charge >= 0.3 is 5.69 Å². The SMILES string of the molecule is Cn1c(=O)c2c(ncn2CC(=O)Nc2ccc3c(c2)N(C(=O)C2CC2)CC3)n(C)c1=O. The highest BCUT2D eigenvalue weighted by molar-refractivity contribution is 5.99. The standard InChI is InChI=1S/C21H22N6O4/c1-24-18-17(20(30)25(2)21(24)31)26(11-22-18)10-16(28)23-14-6-5-12-7-8-27(15(12)9-14)19(29)13-3-4-13/h5-6,9,11,13H,3-4,7-8,10H2,1-2H3,(H,23,28). The second-order valence-corrected chi connectivity index (χ2v) is 8.16. The highest BCUT2D eigenvalue weighted by Gasteiger charge is 2.36. The molecule has 1 aliphatic carbocycles. The third-order valence-corrected chi connectivity index (χ3v) is 5.99. The molecule has 10 nitrogen and oxygen atoms in total. The minimum absolute atomic E-state index is 0.133.